The zero-order valence-electron chi connectivity index (χ0n) is 11.1. The summed E-state index contributed by atoms with van der Waals surface area (Å²) in [5.74, 6) is -0.308. The highest BCUT2D eigenvalue weighted by molar-refractivity contribution is 6.31. The van der Waals surface area contributed by atoms with Gasteiger partial charge in [0, 0.05) is 10.6 Å². The molecule has 0 heterocycles. The summed E-state index contributed by atoms with van der Waals surface area (Å²) in [6, 6.07) is 10.2. The van der Waals surface area contributed by atoms with Crippen LogP contribution < -0.4 is 10.5 Å². The molecule has 112 valence electrons. The summed E-state index contributed by atoms with van der Waals surface area (Å²) in [5, 5.41) is 0.511. The summed E-state index contributed by atoms with van der Waals surface area (Å²) < 4.78 is 41.4. The molecule has 21 heavy (non-hydrogen) atoms. The maximum atomic E-state index is 12.4. The van der Waals surface area contributed by atoms with E-state index >= 15 is 0 Å². The second-order valence-corrected chi connectivity index (χ2v) is 4.92. The molecule has 0 aliphatic heterocycles. The van der Waals surface area contributed by atoms with E-state index in [1.54, 1.807) is 31.2 Å². The van der Waals surface area contributed by atoms with Gasteiger partial charge in [0.15, 0.2) is 0 Å². The number of benzene rings is 2. The first kappa shape index (κ1) is 15.7. The third kappa shape index (κ3) is 3.68. The highest BCUT2D eigenvalue weighted by atomic mass is 35.5. The summed E-state index contributed by atoms with van der Waals surface area (Å²) in [6.45, 7) is 1.77. The predicted molar refractivity (Wildman–Crippen MR) is 75.3 cm³/mol. The standard InChI is InChI=1S/C15H13ClF3NO/c1-9-10(6-4-7-12(9)16)14(20)11-5-2-3-8-13(11)21-15(17,18)19/h2-8,14H,20H2,1H3. The fourth-order valence-corrected chi connectivity index (χ4v) is 2.27. The van der Waals surface area contributed by atoms with Gasteiger partial charge in [-0.25, -0.2) is 0 Å². The van der Waals surface area contributed by atoms with Gasteiger partial charge in [-0.15, -0.1) is 13.2 Å². The second kappa shape index (κ2) is 5.95. The fourth-order valence-electron chi connectivity index (χ4n) is 2.08. The quantitative estimate of drug-likeness (QED) is 0.898. The summed E-state index contributed by atoms with van der Waals surface area (Å²) in [6.07, 6.45) is -4.76. The van der Waals surface area contributed by atoms with Crippen molar-refractivity contribution in [1.82, 2.24) is 0 Å². The Bertz CT molecular complexity index is 643. The number of rotatable bonds is 3. The Labute approximate surface area is 125 Å². The van der Waals surface area contributed by atoms with Crippen molar-refractivity contribution in [2.75, 3.05) is 0 Å². The molecule has 6 heteroatoms. The first-order valence-corrected chi connectivity index (χ1v) is 6.52. The second-order valence-electron chi connectivity index (χ2n) is 4.52. The van der Waals surface area contributed by atoms with E-state index in [-0.39, 0.29) is 11.3 Å². The zero-order valence-corrected chi connectivity index (χ0v) is 11.9. The predicted octanol–water partition coefficient (Wildman–Crippen LogP) is 4.60. The Balaban J connectivity index is 2.44. The van der Waals surface area contributed by atoms with Crippen LogP contribution in [0.5, 0.6) is 5.75 Å². The molecule has 2 rings (SSSR count). The van der Waals surface area contributed by atoms with Crippen LogP contribution in [-0.2, 0) is 0 Å². The molecule has 0 fully saturated rings. The molecule has 0 radical (unpaired) electrons. The summed E-state index contributed by atoms with van der Waals surface area (Å²) >= 11 is 6.02. The van der Waals surface area contributed by atoms with E-state index in [1.807, 2.05) is 0 Å². The van der Waals surface area contributed by atoms with Crippen molar-refractivity contribution < 1.29 is 17.9 Å². The first-order chi connectivity index (χ1) is 9.79. The first-order valence-electron chi connectivity index (χ1n) is 6.15. The third-order valence-electron chi connectivity index (χ3n) is 3.12. The van der Waals surface area contributed by atoms with E-state index in [2.05, 4.69) is 4.74 Å². The average Bonchev–Trinajstić information content (AvgIpc) is 2.40. The number of hydrogen-bond donors (Lipinski definition) is 1. The average molecular weight is 316 g/mol. The van der Waals surface area contributed by atoms with Crippen LogP contribution >= 0.6 is 11.6 Å². The van der Waals surface area contributed by atoms with E-state index in [4.69, 9.17) is 17.3 Å². The van der Waals surface area contributed by atoms with Crippen molar-refractivity contribution in [3.8, 4) is 5.75 Å². The molecule has 2 nitrogen and oxygen atoms in total. The lowest BCUT2D eigenvalue weighted by Crippen LogP contribution is -2.21. The van der Waals surface area contributed by atoms with Crippen LogP contribution in [0.1, 0.15) is 22.7 Å². The van der Waals surface area contributed by atoms with Gasteiger partial charge >= 0.3 is 6.36 Å². The highest BCUT2D eigenvalue weighted by Gasteiger charge is 2.32. The number of ether oxygens (including phenoxy) is 1. The van der Waals surface area contributed by atoms with Crippen molar-refractivity contribution in [2.45, 2.75) is 19.3 Å². The molecule has 1 unspecified atom stereocenters. The SMILES string of the molecule is Cc1c(Cl)cccc1C(N)c1ccccc1OC(F)(F)F. The van der Waals surface area contributed by atoms with Gasteiger partial charge in [-0.2, -0.15) is 0 Å². The Morgan fingerprint density at radius 3 is 2.33 bits per heavy atom. The van der Waals surface area contributed by atoms with Crippen molar-refractivity contribution in [3.63, 3.8) is 0 Å². The third-order valence-corrected chi connectivity index (χ3v) is 3.53. The maximum Gasteiger partial charge on any atom is 0.573 e. The number of alkyl halides is 3. The van der Waals surface area contributed by atoms with Crippen LogP contribution in [0, 0.1) is 6.92 Å². The van der Waals surface area contributed by atoms with Gasteiger partial charge in [-0.05, 0) is 30.2 Å². The van der Waals surface area contributed by atoms with Crippen LogP contribution in [0.15, 0.2) is 42.5 Å². The Hall–Kier alpha value is -1.72. The summed E-state index contributed by atoms with van der Waals surface area (Å²) in [7, 11) is 0. The Kier molecular flexibility index (Phi) is 4.44. The van der Waals surface area contributed by atoms with Crippen LogP contribution in [0.2, 0.25) is 5.02 Å². The molecule has 0 spiro atoms. The van der Waals surface area contributed by atoms with E-state index < -0.39 is 12.4 Å². The molecule has 0 amide bonds. The van der Waals surface area contributed by atoms with Crippen molar-refractivity contribution in [3.05, 3.63) is 64.2 Å². The normalized spacial score (nSPS) is 13.0. The van der Waals surface area contributed by atoms with Gasteiger partial charge < -0.3 is 10.5 Å². The minimum atomic E-state index is -4.76. The Morgan fingerprint density at radius 1 is 1.05 bits per heavy atom. The smallest absolute Gasteiger partial charge is 0.405 e. The van der Waals surface area contributed by atoms with Crippen molar-refractivity contribution in [1.29, 1.82) is 0 Å². The molecule has 1 atom stereocenters. The molecule has 2 N–H and O–H groups in total. The minimum absolute atomic E-state index is 0.250. The monoisotopic (exact) mass is 315 g/mol. The molecular formula is C15H13ClF3NO. The molecule has 0 bridgehead atoms. The van der Waals surface area contributed by atoms with Gasteiger partial charge in [0.2, 0.25) is 0 Å². The van der Waals surface area contributed by atoms with Gasteiger partial charge in [-0.1, -0.05) is 41.9 Å². The number of hydrogen-bond acceptors (Lipinski definition) is 2. The molecule has 0 saturated heterocycles. The number of halogens is 4. The topological polar surface area (TPSA) is 35.2 Å². The molecule has 0 aliphatic carbocycles. The van der Waals surface area contributed by atoms with Crippen LogP contribution in [0.25, 0.3) is 0 Å². The van der Waals surface area contributed by atoms with Crippen LogP contribution in [0.4, 0.5) is 13.2 Å². The lowest BCUT2D eigenvalue weighted by molar-refractivity contribution is -0.274. The zero-order chi connectivity index (χ0) is 15.6. The number of nitrogens with two attached hydrogens (primary N) is 1. The largest absolute Gasteiger partial charge is 0.573 e. The minimum Gasteiger partial charge on any atom is -0.405 e. The van der Waals surface area contributed by atoms with Gasteiger partial charge in [0.05, 0.1) is 6.04 Å². The highest BCUT2D eigenvalue weighted by Crippen LogP contribution is 2.34. The van der Waals surface area contributed by atoms with Gasteiger partial charge in [-0.3, -0.25) is 0 Å². The van der Waals surface area contributed by atoms with E-state index in [0.29, 0.717) is 10.6 Å². The molecule has 2 aromatic rings. The number of para-hydroxylation sites is 1. The van der Waals surface area contributed by atoms with E-state index in [9.17, 15) is 13.2 Å². The van der Waals surface area contributed by atoms with E-state index in [1.165, 1.54) is 18.2 Å². The molecular weight excluding hydrogens is 303 g/mol. The summed E-state index contributed by atoms with van der Waals surface area (Å²) in [5.41, 5.74) is 7.73. The van der Waals surface area contributed by atoms with Crippen LogP contribution in [-0.4, -0.2) is 6.36 Å². The van der Waals surface area contributed by atoms with Crippen molar-refractivity contribution in [2.24, 2.45) is 5.73 Å². The van der Waals surface area contributed by atoms with E-state index in [0.717, 1.165) is 5.56 Å². The van der Waals surface area contributed by atoms with Gasteiger partial charge in [0.25, 0.3) is 0 Å². The molecule has 0 aliphatic rings. The molecule has 2 aromatic carbocycles. The fraction of sp³-hybridized carbons (Fsp3) is 0.200. The lowest BCUT2D eigenvalue weighted by atomic mass is 9.95. The Morgan fingerprint density at radius 2 is 1.67 bits per heavy atom. The van der Waals surface area contributed by atoms with Gasteiger partial charge in [0.1, 0.15) is 5.75 Å². The van der Waals surface area contributed by atoms with Crippen molar-refractivity contribution >= 4 is 11.6 Å². The molecule has 0 aromatic heterocycles. The molecule has 0 saturated carbocycles. The maximum absolute atomic E-state index is 12.4. The lowest BCUT2D eigenvalue weighted by Gasteiger charge is -2.20. The summed E-state index contributed by atoms with van der Waals surface area (Å²) in [4.78, 5) is 0. The van der Waals surface area contributed by atoms with Crippen LogP contribution in [0.3, 0.4) is 0 Å².